The summed E-state index contributed by atoms with van der Waals surface area (Å²) in [5.41, 5.74) is -0.0158. The first-order valence-electron chi connectivity index (χ1n) is 7.13. The van der Waals surface area contributed by atoms with Gasteiger partial charge in [-0.25, -0.2) is 8.78 Å². The largest absolute Gasteiger partial charge is 0.472 e. The average Bonchev–Trinajstić information content (AvgIpc) is 2.48. The van der Waals surface area contributed by atoms with Gasteiger partial charge in [0, 0.05) is 18.2 Å². The minimum atomic E-state index is -0.691. The van der Waals surface area contributed by atoms with E-state index < -0.39 is 11.6 Å². The Morgan fingerprint density at radius 3 is 2.65 bits per heavy atom. The van der Waals surface area contributed by atoms with Gasteiger partial charge < -0.3 is 4.74 Å². The van der Waals surface area contributed by atoms with Crippen molar-refractivity contribution in [3.05, 3.63) is 51.8 Å². The number of nitrogens with zero attached hydrogens (tertiary/aromatic N) is 2. The van der Waals surface area contributed by atoms with Gasteiger partial charge in [-0.1, -0.05) is 25.6 Å². The maximum atomic E-state index is 13.6. The Bertz CT molecular complexity index is 747. The van der Waals surface area contributed by atoms with Gasteiger partial charge in [-0.2, -0.15) is 4.98 Å². The van der Waals surface area contributed by atoms with Crippen LogP contribution in [0, 0.1) is 17.6 Å². The second kappa shape index (κ2) is 7.59. The van der Waals surface area contributed by atoms with Crippen molar-refractivity contribution < 1.29 is 13.5 Å². The molecule has 0 saturated heterocycles. The standard InChI is InChI=1S/C16H18F2N2O2S/c1-10(2)8-20-15(21)7-14(19-16(20)23-3)22-9-11-4-5-12(17)6-13(11)18/h4-7,10H,8-9H2,1-3H3. The van der Waals surface area contributed by atoms with Gasteiger partial charge in [-0.15, -0.1) is 0 Å². The Kier molecular flexibility index (Phi) is 5.76. The van der Waals surface area contributed by atoms with Gasteiger partial charge in [0.25, 0.3) is 5.56 Å². The molecular weight excluding hydrogens is 322 g/mol. The van der Waals surface area contributed by atoms with Gasteiger partial charge in [0.1, 0.15) is 18.2 Å². The summed E-state index contributed by atoms with van der Waals surface area (Å²) in [6, 6.07) is 4.53. The van der Waals surface area contributed by atoms with Crippen molar-refractivity contribution in [3.8, 4) is 5.88 Å². The van der Waals surface area contributed by atoms with Gasteiger partial charge in [0.05, 0.1) is 6.07 Å². The van der Waals surface area contributed by atoms with Crippen LogP contribution in [0.5, 0.6) is 5.88 Å². The lowest BCUT2D eigenvalue weighted by Crippen LogP contribution is -2.24. The molecule has 2 rings (SSSR count). The highest BCUT2D eigenvalue weighted by Gasteiger charge is 2.11. The molecule has 0 saturated carbocycles. The molecule has 0 unspecified atom stereocenters. The van der Waals surface area contributed by atoms with Crippen molar-refractivity contribution in [2.24, 2.45) is 5.92 Å². The van der Waals surface area contributed by atoms with Crippen LogP contribution in [0.25, 0.3) is 0 Å². The molecule has 0 bridgehead atoms. The lowest BCUT2D eigenvalue weighted by Gasteiger charge is -2.14. The summed E-state index contributed by atoms with van der Waals surface area (Å²) in [6.45, 7) is 4.46. The van der Waals surface area contributed by atoms with Gasteiger partial charge in [0.2, 0.25) is 5.88 Å². The molecule has 0 fully saturated rings. The summed E-state index contributed by atoms with van der Waals surface area (Å²) >= 11 is 1.34. The van der Waals surface area contributed by atoms with Crippen LogP contribution in [0.1, 0.15) is 19.4 Å². The molecule has 0 amide bonds. The van der Waals surface area contributed by atoms with Crippen LogP contribution in [0.4, 0.5) is 8.78 Å². The summed E-state index contributed by atoms with van der Waals surface area (Å²) in [6.07, 6.45) is 1.82. The van der Waals surface area contributed by atoms with Crippen LogP contribution in [0.3, 0.4) is 0 Å². The lowest BCUT2D eigenvalue weighted by atomic mass is 10.2. The number of thioether (sulfide) groups is 1. The fourth-order valence-electron chi connectivity index (χ4n) is 2.02. The average molecular weight is 340 g/mol. The summed E-state index contributed by atoms with van der Waals surface area (Å²) in [5.74, 6) is -0.905. The maximum absolute atomic E-state index is 13.6. The van der Waals surface area contributed by atoms with Gasteiger partial charge >= 0.3 is 0 Å². The molecule has 1 aromatic heterocycles. The van der Waals surface area contributed by atoms with Gasteiger partial charge in [-0.05, 0) is 24.3 Å². The smallest absolute Gasteiger partial charge is 0.257 e. The molecule has 1 heterocycles. The molecule has 23 heavy (non-hydrogen) atoms. The van der Waals surface area contributed by atoms with Crippen LogP contribution in [-0.4, -0.2) is 15.8 Å². The summed E-state index contributed by atoms with van der Waals surface area (Å²) < 4.78 is 33.4. The van der Waals surface area contributed by atoms with Crippen molar-refractivity contribution in [2.75, 3.05) is 6.26 Å². The number of aromatic nitrogens is 2. The van der Waals surface area contributed by atoms with Gasteiger partial charge in [-0.3, -0.25) is 9.36 Å². The van der Waals surface area contributed by atoms with Crippen molar-refractivity contribution >= 4 is 11.8 Å². The van der Waals surface area contributed by atoms with Crippen molar-refractivity contribution in [3.63, 3.8) is 0 Å². The zero-order valence-corrected chi connectivity index (χ0v) is 14.0. The summed E-state index contributed by atoms with van der Waals surface area (Å²) in [7, 11) is 0. The zero-order valence-electron chi connectivity index (χ0n) is 13.2. The quantitative estimate of drug-likeness (QED) is 0.596. The number of hydrogen-bond acceptors (Lipinski definition) is 4. The molecule has 4 nitrogen and oxygen atoms in total. The van der Waals surface area contributed by atoms with Crippen LogP contribution < -0.4 is 10.3 Å². The topological polar surface area (TPSA) is 44.1 Å². The molecule has 7 heteroatoms. The molecule has 0 N–H and O–H groups in total. The second-order valence-electron chi connectivity index (χ2n) is 5.45. The Morgan fingerprint density at radius 1 is 1.30 bits per heavy atom. The molecule has 0 atom stereocenters. The van der Waals surface area contributed by atoms with E-state index in [4.69, 9.17) is 4.74 Å². The Morgan fingerprint density at radius 2 is 2.04 bits per heavy atom. The van der Waals surface area contributed by atoms with E-state index in [1.165, 1.54) is 23.9 Å². The predicted octanol–water partition coefficient (Wildman–Crippen LogP) is 3.48. The monoisotopic (exact) mass is 340 g/mol. The van der Waals surface area contributed by atoms with Crippen molar-refractivity contribution in [2.45, 2.75) is 32.2 Å². The first kappa shape index (κ1) is 17.5. The summed E-state index contributed by atoms with van der Waals surface area (Å²) in [5, 5.41) is 0.542. The fourth-order valence-corrected chi connectivity index (χ4v) is 2.58. The predicted molar refractivity (Wildman–Crippen MR) is 85.8 cm³/mol. The lowest BCUT2D eigenvalue weighted by molar-refractivity contribution is 0.280. The number of hydrogen-bond donors (Lipinski definition) is 0. The Labute approximate surface area is 137 Å². The highest BCUT2D eigenvalue weighted by atomic mass is 32.2. The maximum Gasteiger partial charge on any atom is 0.257 e. The third-order valence-corrected chi connectivity index (χ3v) is 3.75. The first-order valence-corrected chi connectivity index (χ1v) is 8.35. The molecule has 0 spiro atoms. The first-order chi connectivity index (χ1) is 10.9. The number of rotatable bonds is 6. The molecule has 124 valence electrons. The van der Waals surface area contributed by atoms with E-state index in [0.717, 1.165) is 12.1 Å². The second-order valence-corrected chi connectivity index (χ2v) is 6.22. The van der Waals surface area contributed by atoms with E-state index in [0.29, 0.717) is 17.6 Å². The van der Waals surface area contributed by atoms with Crippen molar-refractivity contribution in [1.82, 2.24) is 9.55 Å². The van der Waals surface area contributed by atoms with E-state index in [2.05, 4.69) is 4.98 Å². The van der Waals surface area contributed by atoms with Crippen LogP contribution in [-0.2, 0) is 13.2 Å². The Balaban J connectivity index is 2.20. The Hall–Kier alpha value is -1.89. The molecule has 0 aliphatic carbocycles. The van der Waals surface area contributed by atoms with Gasteiger partial charge in [0.15, 0.2) is 5.16 Å². The highest BCUT2D eigenvalue weighted by Crippen LogP contribution is 2.17. The number of halogens is 2. The third kappa shape index (κ3) is 4.54. The third-order valence-electron chi connectivity index (χ3n) is 3.07. The van der Waals surface area contributed by atoms with E-state index in [-0.39, 0.29) is 23.6 Å². The van der Waals surface area contributed by atoms with E-state index in [1.807, 2.05) is 20.1 Å². The van der Waals surface area contributed by atoms with Crippen molar-refractivity contribution in [1.29, 1.82) is 0 Å². The highest BCUT2D eigenvalue weighted by molar-refractivity contribution is 7.98. The zero-order chi connectivity index (χ0) is 17.0. The normalized spacial score (nSPS) is 11.0. The van der Waals surface area contributed by atoms with E-state index >= 15 is 0 Å². The van der Waals surface area contributed by atoms with Crippen LogP contribution in [0.15, 0.2) is 34.2 Å². The molecular formula is C16H18F2N2O2S. The summed E-state index contributed by atoms with van der Waals surface area (Å²) in [4.78, 5) is 16.5. The molecule has 1 aromatic carbocycles. The fraction of sp³-hybridized carbons (Fsp3) is 0.375. The van der Waals surface area contributed by atoms with E-state index in [9.17, 15) is 13.6 Å². The minimum Gasteiger partial charge on any atom is -0.472 e. The molecule has 2 aromatic rings. The number of ether oxygens (including phenoxy) is 1. The molecule has 0 aliphatic rings. The minimum absolute atomic E-state index is 0.124. The SMILES string of the molecule is CSc1nc(OCc2ccc(F)cc2F)cc(=O)n1CC(C)C. The number of benzene rings is 1. The molecule has 0 radical (unpaired) electrons. The van der Waals surface area contributed by atoms with E-state index in [1.54, 1.807) is 4.57 Å². The molecule has 0 aliphatic heterocycles. The van der Waals surface area contributed by atoms with Crippen LogP contribution >= 0.6 is 11.8 Å². The van der Waals surface area contributed by atoms with Crippen LogP contribution in [0.2, 0.25) is 0 Å².